The summed E-state index contributed by atoms with van der Waals surface area (Å²) in [7, 11) is 1.75. The highest BCUT2D eigenvalue weighted by molar-refractivity contribution is 7.99. The highest BCUT2D eigenvalue weighted by Gasteiger charge is 2.12. The summed E-state index contributed by atoms with van der Waals surface area (Å²) in [6.45, 7) is 0.466. The van der Waals surface area contributed by atoms with Crippen molar-refractivity contribution in [1.82, 2.24) is 9.88 Å². The first-order valence-electron chi connectivity index (χ1n) is 7.69. The maximum absolute atomic E-state index is 13.2. The number of carbonyl (C=O) groups is 1. The van der Waals surface area contributed by atoms with Gasteiger partial charge in [0, 0.05) is 24.1 Å². The molecule has 0 radical (unpaired) electrons. The molecule has 7 heteroatoms. The van der Waals surface area contributed by atoms with Crippen LogP contribution in [0.4, 0.5) is 8.78 Å². The number of aromatic nitrogens is 1. The molecule has 0 saturated carbocycles. The fraction of sp³-hybridized carbons (Fsp3) is 0.222. The van der Waals surface area contributed by atoms with Crippen LogP contribution in [-0.2, 0) is 11.3 Å². The average molecular weight is 378 g/mol. The van der Waals surface area contributed by atoms with E-state index < -0.39 is 11.6 Å². The number of thiazole rings is 1. The third-order valence-corrected chi connectivity index (χ3v) is 5.63. The van der Waals surface area contributed by atoms with Crippen molar-refractivity contribution >= 4 is 39.2 Å². The number of hydrogen-bond donors (Lipinski definition) is 0. The van der Waals surface area contributed by atoms with E-state index in [9.17, 15) is 13.6 Å². The van der Waals surface area contributed by atoms with Gasteiger partial charge in [0.25, 0.3) is 0 Å². The van der Waals surface area contributed by atoms with Crippen LogP contribution < -0.4 is 0 Å². The molecule has 0 atom stereocenters. The summed E-state index contributed by atoms with van der Waals surface area (Å²) >= 11 is 2.91. The molecular formula is C18H16F2N2OS2. The lowest BCUT2D eigenvalue weighted by atomic mass is 10.3. The number of nitrogens with zero attached hydrogens (tertiary/aromatic N) is 2. The number of halogens is 2. The minimum absolute atomic E-state index is 0.00524. The van der Waals surface area contributed by atoms with Crippen molar-refractivity contribution in [1.29, 1.82) is 0 Å². The van der Waals surface area contributed by atoms with E-state index in [4.69, 9.17) is 0 Å². The van der Waals surface area contributed by atoms with Gasteiger partial charge in [0.1, 0.15) is 5.01 Å². The van der Waals surface area contributed by atoms with Gasteiger partial charge in [0.15, 0.2) is 11.6 Å². The molecule has 0 unspecified atom stereocenters. The molecule has 0 saturated heterocycles. The standard InChI is InChI=1S/C18H16F2N2OS2/c1-22(11-17-21-15-4-2-3-5-16(15)25-17)18(23)8-9-24-12-6-7-13(19)14(20)10-12/h2-7,10H,8-9,11H2,1H3. The summed E-state index contributed by atoms with van der Waals surface area (Å²) in [6.07, 6.45) is 0.324. The number of hydrogen-bond acceptors (Lipinski definition) is 4. The summed E-state index contributed by atoms with van der Waals surface area (Å²) < 4.78 is 27.1. The van der Waals surface area contributed by atoms with E-state index in [1.165, 1.54) is 17.8 Å². The Kier molecular flexibility index (Phi) is 5.65. The van der Waals surface area contributed by atoms with Gasteiger partial charge in [0.05, 0.1) is 16.8 Å². The molecule has 1 aromatic heterocycles. The summed E-state index contributed by atoms with van der Waals surface area (Å²) in [5.41, 5.74) is 0.942. The molecule has 0 N–H and O–H groups in total. The fourth-order valence-corrected chi connectivity index (χ4v) is 4.18. The third kappa shape index (κ3) is 4.55. The van der Waals surface area contributed by atoms with E-state index >= 15 is 0 Å². The van der Waals surface area contributed by atoms with Crippen molar-refractivity contribution in [3.63, 3.8) is 0 Å². The fourth-order valence-electron chi connectivity index (χ4n) is 2.29. The lowest BCUT2D eigenvalue weighted by Crippen LogP contribution is -2.26. The Labute approximate surface area is 152 Å². The van der Waals surface area contributed by atoms with E-state index in [0.29, 0.717) is 23.6 Å². The van der Waals surface area contributed by atoms with Crippen molar-refractivity contribution in [3.05, 3.63) is 59.1 Å². The molecule has 0 bridgehead atoms. The predicted molar refractivity (Wildman–Crippen MR) is 97.8 cm³/mol. The van der Waals surface area contributed by atoms with Gasteiger partial charge in [-0.3, -0.25) is 4.79 Å². The number of rotatable bonds is 6. The van der Waals surface area contributed by atoms with Gasteiger partial charge >= 0.3 is 0 Å². The third-order valence-electron chi connectivity index (χ3n) is 3.61. The van der Waals surface area contributed by atoms with E-state index in [1.54, 1.807) is 23.3 Å². The Balaban J connectivity index is 1.51. The van der Waals surface area contributed by atoms with Gasteiger partial charge < -0.3 is 4.90 Å². The molecule has 0 aliphatic heterocycles. The molecule has 0 spiro atoms. The van der Waals surface area contributed by atoms with Gasteiger partial charge in [-0.25, -0.2) is 13.8 Å². The zero-order valence-corrected chi connectivity index (χ0v) is 15.2. The summed E-state index contributed by atoms with van der Waals surface area (Å²) in [4.78, 5) is 19.0. The first-order chi connectivity index (χ1) is 12.0. The highest BCUT2D eigenvalue weighted by Crippen LogP contribution is 2.23. The first kappa shape index (κ1) is 17.8. The normalized spacial score (nSPS) is 11.0. The Morgan fingerprint density at radius 3 is 2.76 bits per heavy atom. The summed E-state index contributed by atoms with van der Waals surface area (Å²) in [5.74, 6) is -1.23. The van der Waals surface area contributed by atoms with E-state index in [1.807, 2.05) is 24.3 Å². The quantitative estimate of drug-likeness (QED) is 0.582. The molecule has 130 valence electrons. The Morgan fingerprint density at radius 1 is 1.20 bits per heavy atom. The molecule has 1 amide bonds. The van der Waals surface area contributed by atoms with Gasteiger partial charge in [-0.1, -0.05) is 12.1 Å². The van der Waals surface area contributed by atoms with Gasteiger partial charge in [-0.15, -0.1) is 23.1 Å². The van der Waals surface area contributed by atoms with Gasteiger partial charge in [0.2, 0.25) is 5.91 Å². The van der Waals surface area contributed by atoms with Crippen LogP contribution in [0.1, 0.15) is 11.4 Å². The Bertz CT molecular complexity index is 865. The SMILES string of the molecule is CN(Cc1nc2ccccc2s1)C(=O)CCSc1ccc(F)c(F)c1. The van der Waals surface area contributed by atoms with Crippen LogP contribution in [0.15, 0.2) is 47.4 Å². The molecule has 3 nitrogen and oxygen atoms in total. The molecule has 0 aliphatic rings. The molecule has 2 aromatic carbocycles. The van der Waals surface area contributed by atoms with Crippen LogP contribution in [0.3, 0.4) is 0 Å². The largest absolute Gasteiger partial charge is 0.339 e. The van der Waals surface area contributed by atoms with Crippen molar-refractivity contribution < 1.29 is 13.6 Å². The molecule has 25 heavy (non-hydrogen) atoms. The number of carbonyl (C=O) groups excluding carboxylic acids is 1. The second kappa shape index (κ2) is 7.93. The monoisotopic (exact) mass is 378 g/mol. The topological polar surface area (TPSA) is 33.2 Å². The molecule has 3 rings (SSSR count). The number of thioether (sulfide) groups is 1. The maximum atomic E-state index is 13.2. The molecule has 0 aliphatic carbocycles. The van der Waals surface area contributed by atoms with Gasteiger partial charge in [-0.05, 0) is 30.3 Å². The summed E-state index contributed by atoms with van der Waals surface area (Å²) in [6, 6.07) is 11.6. The van der Waals surface area contributed by atoms with Crippen LogP contribution in [0, 0.1) is 11.6 Å². The zero-order valence-electron chi connectivity index (χ0n) is 13.5. The predicted octanol–water partition coefficient (Wildman–Crippen LogP) is 4.72. The van der Waals surface area contributed by atoms with Crippen molar-refractivity contribution in [3.8, 4) is 0 Å². The van der Waals surface area contributed by atoms with Crippen LogP contribution in [0.2, 0.25) is 0 Å². The van der Waals surface area contributed by atoms with Crippen LogP contribution >= 0.6 is 23.1 Å². The second-order valence-electron chi connectivity index (χ2n) is 5.50. The first-order valence-corrected chi connectivity index (χ1v) is 9.49. The molecule has 3 aromatic rings. The maximum Gasteiger partial charge on any atom is 0.223 e. The smallest absolute Gasteiger partial charge is 0.223 e. The van der Waals surface area contributed by atoms with Crippen molar-refractivity contribution in [2.45, 2.75) is 17.9 Å². The number of fused-ring (bicyclic) bond motifs is 1. The number of benzene rings is 2. The Morgan fingerprint density at radius 2 is 2.00 bits per heavy atom. The molecule has 1 heterocycles. The highest BCUT2D eigenvalue weighted by atomic mass is 32.2. The zero-order chi connectivity index (χ0) is 17.8. The lowest BCUT2D eigenvalue weighted by molar-refractivity contribution is -0.129. The van der Waals surface area contributed by atoms with E-state index in [0.717, 1.165) is 27.4 Å². The van der Waals surface area contributed by atoms with Crippen LogP contribution in [0.5, 0.6) is 0 Å². The number of para-hydroxylation sites is 1. The minimum Gasteiger partial charge on any atom is -0.339 e. The van der Waals surface area contributed by atoms with Gasteiger partial charge in [-0.2, -0.15) is 0 Å². The average Bonchev–Trinajstić information content (AvgIpc) is 3.00. The molecular weight excluding hydrogens is 362 g/mol. The van der Waals surface area contributed by atoms with E-state index in [-0.39, 0.29) is 5.91 Å². The van der Waals surface area contributed by atoms with Crippen molar-refractivity contribution in [2.75, 3.05) is 12.8 Å². The summed E-state index contributed by atoms with van der Waals surface area (Å²) in [5, 5.41) is 0.894. The lowest BCUT2D eigenvalue weighted by Gasteiger charge is -2.15. The Hall–Kier alpha value is -1.99. The minimum atomic E-state index is -0.871. The van der Waals surface area contributed by atoms with Crippen molar-refractivity contribution in [2.24, 2.45) is 0 Å². The van der Waals surface area contributed by atoms with Crippen LogP contribution in [0.25, 0.3) is 10.2 Å². The number of amides is 1. The van der Waals surface area contributed by atoms with Crippen LogP contribution in [-0.4, -0.2) is 28.6 Å². The second-order valence-corrected chi connectivity index (χ2v) is 7.78. The van der Waals surface area contributed by atoms with E-state index in [2.05, 4.69) is 4.98 Å². The molecule has 0 fully saturated rings.